The van der Waals surface area contributed by atoms with Crippen LogP contribution in [-0.2, 0) is 14.8 Å². The molecular weight excluding hydrogens is 412 g/mol. The van der Waals surface area contributed by atoms with E-state index in [1.807, 2.05) is 0 Å². The fourth-order valence-electron chi connectivity index (χ4n) is 7.18. The third-order valence-corrected chi connectivity index (χ3v) is 9.98. The quantitative estimate of drug-likeness (QED) is 0.725. The highest BCUT2D eigenvalue weighted by molar-refractivity contribution is 7.89. The Hall–Kier alpha value is -1.60. The van der Waals surface area contributed by atoms with Crippen molar-refractivity contribution in [1.29, 1.82) is 0 Å². The number of nitrogens with zero attached hydrogens (tertiary/aromatic N) is 1. The van der Waals surface area contributed by atoms with Gasteiger partial charge in [0.15, 0.2) is 0 Å². The van der Waals surface area contributed by atoms with Crippen molar-refractivity contribution < 1.29 is 17.9 Å². The summed E-state index contributed by atoms with van der Waals surface area (Å²) in [6, 6.07) is 6.54. The Kier molecular flexibility index (Phi) is 5.53. The molecule has 1 aromatic carbocycles. The van der Waals surface area contributed by atoms with Crippen LogP contribution in [0.4, 0.5) is 0 Å². The van der Waals surface area contributed by atoms with Crippen molar-refractivity contribution >= 4 is 15.9 Å². The largest absolute Gasteiger partial charge is 0.497 e. The van der Waals surface area contributed by atoms with Gasteiger partial charge in [0.05, 0.1) is 12.0 Å². The molecule has 1 aromatic rings. The summed E-state index contributed by atoms with van der Waals surface area (Å²) < 4.78 is 32.9. The third kappa shape index (κ3) is 4.23. The summed E-state index contributed by atoms with van der Waals surface area (Å²) in [7, 11) is -1.99. The van der Waals surface area contributed by atoms with Crippen molar-refractivity contribution in [3.8, 4) is 5.75 Å². The van der Waals surface area contributed by atoms with Gasteiger partial charge < -0.3 is 10.1 Å². The zero-order chi connectivity index (χ0) is 21.6. The summed E-state index contributed by atoms with van der Waals surface area (Å²) in [5.41, 5.74) is 0.0232. The standard InChI is InChI=1S/C24H34N2O4S/c1-30-21-4-6-22(7-5-21)31(28,29)26-8-2-3-17(16-26)12-23(27)25-24-13-18-9-19(14-24)11-20(10-18)15-24/h4-7,17-20H,2-3,8-16H2,1H3,(H,25,27). The summed E-state index contributed by atoms with van der Waals surface area (Å²) in [6.45, 7) is 0.935. The summed E-state index contributed by atoms with van der Waals surface area (Å²) in [4.78, 5) is 13.3. The van der Waals surface area contributed by atoms with E-state index in [1.54, 1.807) is 35.7 Å². The van der Waals surface area contributed by atoms with Gasteiger partial charge in [0.2, 0.25) is 15.9 Å². The molecule has 0 spiro atoms. The van der Waals surface area contributed by atoms with Crippen LogP contribution >= 0.6 is 0 Å². The van der Waals surface area contributed by atoms with Gasteiger partial charge >= 0.3 is 0 Å². The minimum Gasteiger partial charge on any atom is -0.497 e. The van der Waals surface area contributed by atoms with Crippen LogP contribution in [0.5, 0.6) is 5.75 Å². The topological polar surface area (TPSA) is 75.7 Å². The van der Waals surface area contributed by atoms with Gasteiger partial charge in [-0.25, -0.2) is 8.42 Å². The van der Waals surface area contributed by atoms with Crippen molar-refractivity contribution in [3.63, 3.8) is 0 Å². The fraction of sp³-hybridized carbons (Fsp3) is 0.708. The van der Waals surface area contributed by atoms with Crippen LogP contribution in [0.2, 0.25) is 0 Å². The van der Waals surface area contributed by atoms with E-state index in [9.17, 15) is 13.2 Å². The smallest absolute Gasteiger partial charge is 0.243 e. The van der Waals surface area contributed by atoms with Crippen molar-refractivity contribution in [2.45, 2.75) is 68.2 Å². The van der Waals surface area contributed by atoms with Crippen LogP contribution in [0.25, 0.3) is 0 Å². The maximum atomic E-state index is 13.1. The molecule has 1 N–H and O–H groups in total. The number of piperidine rings is 1. The number of nitrogens with one attached hydrogen (secondary N) is 1. The monoisotopic (exact) mass is 446 g/mol. The Bertz CT molecular complexity index is 892. The first kappa shape index (κ1) is 21.3. The second kappa shape index (κ2) is 8.07. The van der Waals surface area contributed by atoms with Crippen LogP contribution in [0.1, 0.15) is 57.8 Å². The fourth-order valence-corrected chi connectivity index (χ4v) is 8.74. The van der Waals surface area contributed by atoms with Gasteiger partial charge in [-0.3, -0.25) is 4.79 Å². The predicted octanol–water partition coefficient (Wildman–Crippen LogP) is 3.57. The lowest BCUT2D eigenvalue weighted by molar-refractivity contribution is -0.128. The van der Waals surface area contributed by atoms with Crippen molar-refractivity contribution in [2.24, 2.45) is 23.7 Å². The SMILES string of the molecule is COc1ccc(S(=O)(=O)N2CCCC(CC(=O)NC34CC5CC(CC(C5)C3)C4)C2)cc1. The van der Waals surface area contributed by atoms with Crippen LogP contribution in [0, 0.1) is 23.7 Å². The number of carbonyl (C=O) groups excluding carboxylic acids is 1. The lowest BCUT2D eigenvalue weighted by atomic mass is 9.53. The molecule has 6 nitrogen and oxygen atoms in total. The number of rotatable bonds is 6. The molecule has 1 saturated heterocycles. The minimum atomic E-state index is -3.55. The Balaban J connectivity index is 1.21. The zero-order valence-corrected chi connectivity index (χ0v) is 19.2. The molecule has 4 aliphatic carbocycles. The van der Waals surface area contributed by atoms with E-state index in [1.165, 1.54) is 19.3 Å². The number of benzene rings is 1. The Morgan fingerprint density at radius 1 is 1.10 bits per heavy atom. The van der Waals surface area contributed by atoms with E-state index in [-0.39, 0.29) is 22.3 Å². The minimum absolute atomic E-state index is 0.0232. The van der Waals surface area contributed by atoms with E-state index in [0.29, 0.717) is 25.3 Å². The molecule has 1 aliphatic heterocycles. The summed E-state index contributed by atoms with van der Waals surface area (Å²) in [5.74, 6) is 3.23. The van der Waals surface area contributed by atoms with Crippen molar-refractivity contribution in [2.75, 3.05) is 20.2 Å². The lowest BCUT2D eigenvalue weighted by Gasteiger charge is -2.57. The number of hydrogen-bond acceptors (Lipinski definition) is 4. The zero-order valence-electron chi connectivity index (χ0n) is 18.4. The number of methoxy groups -OCH3 is 1. The molecule has 1 amide bonds. The van der Waals surface area contributed by atoms with E-state index in [4.69, 9.17) is 4.74 Å². The molecule has 4 bridgehead atoms. The molecule has 1 atom stereocenters. The number of amides is 1. The summed E-state index contributed by atoms with van der Waals surface area (Å²) >= 11 is 0. The Labute approximate surface area is 185 Å². The lowest BCUT2D eigenvalue weighted by Crippen LogP contribution is -2.60. The highest BCUT2D eigenvalue weighted by atomic mass is 32.2. The van der Waals surface area contributed by atoms with Gasteiger partial charge in [0, 0.05) is 25.0 Å². The molecule has 170 valence electrons. The highest BCUT2D eigenvalue weighted by Crippen LogP contribution is 2.55. The first-order valence-corrected chi connectivity index (χ1v) is 13.2. The van der Waals surface area contributed by atoms with Gasteiger partial charge in [-0.05, 0) is 99.3 Å². The molecule has 31 heavy (non-hydrogen) atoms. The number of hydrogen-bond donors (Lipinski definition) is 1. The van der Waals surface area contributed by atoms with E-state index in [0.717, 1.165) is 49.9 Å². The number of carbonyl (C=O) groups is 1. The first-order chi connectivity index (χ1) is 14.8. The maximum absolute atomic E-state index is 13.1. The van der Waals surface area contributed by atoms with Crippen LogP contribution in [-0.4, -0.2) is 44.4 Å². The summed E-state index contributed by atoms with van der Waals surface area (Å²) in [6.07, 6.45) is 9.64. The van der Waals surface area contributed by atoms with Gasteiger partial charge in [0.1, 0.15) is 5.75 Å². The molecule has 6 rings (SSSR count). The summed E-state index contributed by atoms with van der Waals surface area (Å²) in [5, 5.41) is 3.45. The van der Waals surface area contributed by atoms with Gasteiger partial charge in [-0.1, -0.05) is 0 Å². The normalized spacial score (nSPS) is 35.1. The van der Waals surface area contributed by atoms with Gasteiger partial charge in [-0.2, -0.15) is 4.31 Å². The molecule has 4 saturated carbocycles. The number of ether oxygens (including phenoxy) is 1. The molecule has 0 aromatic heterocycles. The third-order valence-electron chi connectivity index (χ3n) is 8.10. The molecule has 5 aliphatic rings. The van der Waals surface area contributed by atoms with E-state index >= 15 is 0 Å². The van der Waals surface area contributed by atoms with E-state index in [2.05, 4.69) is 5.32 Å². The number of sulfonamides is 1. The Morgan fingerprint density at radius 3 is 2.29 bits per heavy atom. The highest BCUT2D eigenvalue weighted by Gasteiger charge is 2.51. The predicted molar refractivity (Wildman–Crippen MR) is 118 cm³/mol. The second-order valence-electron chi connectivity index (χ2n) is 10.5. The van der Waals surface area contributed by atoms with Gasteiger partial charge in [-0.15, -0.1) is 0 Å². The molecule has 1 unspecified atom stereocenters. The second-order valence-corrected chi connectivity index (χ2v) is 12.4. The molecule has 5 fully saturated rings. The van der Waals surface area contributed by atoms with Crippen molar-refractivity contribution in [1.82, 2.24) is 9.62 Å². The molecule has 0 radical (unpaired) electrons. The molecule has 1 heterocycles. The first-order valence-electron chi connectivity index (χ1n) is 11.8. The van der Waals surface area contributed by atoms with Crippen molar-refractivity contribution in [3.05, 3.63) is 24.3 Å². The van der Waals surface area contributed by atoms with Gasteiger partial charge in [0.25, 0.3) is 0 Å². The van der Waals surface area contributed by atoms with Crippen LogP contribution in [0.15, 0.2) is 29.2 Å². The average Bonchev–Trinajstić information content (AvgIpc) is 2.72. The van der Waals surface area contributed by atoms with Crippen LogP contribution < -0.4 is 10.1 Å². The average molecular weight is 447 g/mol. The van der Waals surface area contributed by atoms with E-state index < -0.39 is 10.0 Å². The molecule has 7 heteroatoms. The maximum Gasteiger partial charge on any atom is 0.243 e. The molecular formula is C24H34N2O4S. The Morgan fingerprint density at radius 2 is 1.71 bits per heavy atom. The van der Waals surface area contributed by atoms with Crippen LogP contribution in [0.3, 0.4) is 0 Å².